The summed E-state index contributed by atoms with van der Waals surface area (Å²) in [6, 6.07) is 0. The molecule has 0 unspecified atom stereocenters. The van der Waals surface area contributed by atoms with Gasteiger partial charge in [0.2, 0.25) is 0 Å². The molecule has 0 nitrogen and oxygen atoms in total. The fraction of sp³-hybridized carbons (Fsp3) is 0.333. The van der Waals surface area contributed by atoms with Crippen molar-refractivity contribution in [3.63, 3.8) is 0 Å². The molecular weight excluding hydrogens is 85.9 g/mol. The van der Waals surface area contributed by atoms with Gasteiger partial charge >= 0.3 is 37.7 Å². The topological polar surface area (TPSA) is 0 Å². The van der Waals surface area contributed by atoms with Gasteiger partial charge in [0.15, 0.2) is 0 Å². The molecule has 0 aromatic rings. The van der Waals surface area contributed by atoms with Crippen molar-refractivity contribution in [3.8, 4) is 0 Å². The molecule has 0 spiro atoms. The smallest absolute Gasteiger partial charge is 0.293 e. The Morgan fingerprint density at radius 3 is 2.00 bits per heavy atom. The second-order valence-corrected chi connectivity index (χ2v) is 1.03. The summed E-state index contributed by atoms with van der Waals surface area (Å²) in [6.07, 6.45) is 6.43. The van der Waals surface area contributed by atoms with Gasteiger partial charge in [0.1, 0.15) is 0 Å². The van der Waals surface area contributed by atoms with Crippen molar-refractivity contribution in [1.82, 2.24) is 0 Å². The molecule has 0 N–H and O–H groups in total. The SMILES string of the molecule is [CH-]=CC=CCC.[Li+].[Li+]. The van der Waals surface area contributed by atoms with Crippen molar-refractivity contribution in [2.75, 3.05) is 0 Å². The molecule has 0 fully saturated rings. The van der Waals surface area contributed by atoms with Gasteiger partial charge in [0, 0.05) is 0 Å². The van der Waals surface area contributed by atoms with Gasteiger partial charge in [-0.3, -0.25) is 6.58 Å². The third-order valence-corrected chi connectivity index (χ3v) is 0.483. The van der Waals surface area contributed by atoms with E-state index in [2.05, 4.69) is 6.92 Å². The molecule has 0 aromatic heterocycles. The van der Waals surface area contributed by atoms with Crippen molar-refractivity contribution in [2.24, 2.45) is 0 Å². The van der Waals surface area contributed by atoms with Crippen LogP contribution < -0.4 is 37.7 Å². The Bertz CT molecular complexity index is 57.5. The van der Waals surface area contributed by atoms with E-state index in [4.69, 9.17) is 6.58 Å². The van der Waals surface area contributed by atoms with Crippen LogP contribution in [0, 0.1) is 6.58 Å². The van der Waals surface area contributed by atoms with Crippen LogP contribution in [0.4, 0.5) is 0 Å². The van der Waals surface area contributed by atoms with Gasteiger partial charge in [-0.05, 0) is 0 Å². The Labute approximate surface area is 75.8 Å². The number of rotatable bonds is 2. The second kappa shape index (κ2) is 15.6. The summed E-state index contributed by atoms with van der Waals surface area (Å²) in [5.74, 6) is 0. The molecule has 0 aromatic carbocycles. The summed E-state index contributed by atoms with van der Waals surface area (Å²) in [4.78, 5) is 0. The largest absolute Gasteiger partial charge is 1.00 e. The minimum Gasteiger partial charge on any atom is -0.293 e. The van der Waals surface area contributed by atoms with Gasteiger partial charge in [0.25, 0.3) is 0 Å². The van der Waals surface area contributed by atoms with E-state index in [0.717, 1.165) is 6.42 Å². The molecule has 0 bridgehead atoms. The van der Waals surface area contributed by atoms with Crippen molar-refractivity contribution in [2.45, 2.75) is 13.3 Å². The van der Waals surface area contributed by atoms with Crippen LogP contribution in [0.3, 0.4) is 0 Å². The molecule has 0 atom stereocenters. The fourth-order valence-corrected chi connectivity index (χ4v) is 0.215. The minimum absolute atomic E-state index is 0. The average molecular weight is 95.0 g/mol. The molecule has 0 rings (SSSR count). The Kier molecular flexibility index (Phi) is 31.0. The Hall–Kier alpha value is 0.675. The maximum Gasteiger partial charge on any atom is 1.00 e. The third kappa shape index (κ3) is 15.9. The third-order valence-electron chi connectivity index (χ3n) is 0.483. The fourth-order valence-electron chi connectivity index (χ4n) is 0.215. The standard InChI is InChI=1S/C6H9.2Li/c1-3-5-6-4-2;;/h1,3,5-6H,4H2,2H3;;/q-1;2*+1. The molecular formula is C6H9Li2+. The van der Waals surface area contributed by atoms with Gasteiger partial charge in [-0.2, -0.15) is 6.08 Å². The van der Waals surface area contributed by atoms with Crippen LogP contribution in [0.1, 0.15) is 13.3 Å². The molecule has 0 aliphatic rings. The zero-order valence-corrected chi connectivity index (χ0v) is 6.02. The van der Waals surface area contributed by atoms with Gasteiger partial charge in [-0.25, -0.2) is 12.2 Å². The summed E-state index contributed by atoms with van der Waals surface area (Å²) in [6.45, 7) is 7.07. The normalized spacial score (nSPS) is 7.12. The van der Waals surface area contributed by atoms with E-state index in [1.54, 1.807) is 0 Å². The summed E-state index contributed by atoms with van der Waals surface area (Å²) in [7, 11) is 0. The molecule has 0 saturated carbocycles. The molecule has 0 aliphatic carbocycles. The molecule has 34 valence electrons. The monoisotopic (exact) mass is 95.1 g/mol. The van der Waals surface area contributed by atoms with Crippen molar-refractivity contribution < 1.29 is 37.7 Å². The summed E-state index contributed by atoms with van der Waals surface area (Å²) in [5.41, 5.74) is 0. The average Bonchev–Trinajstić information content (AvgIpc) is 1.61. The summed E-state index contributed by atoms with van der Waals surface area (Å²) >= 11 is 0. The molecule has 0 saturated heterocycles. The molecule has 0 heterocycles. The summed E-state index contributed by atoms with van der Waals surface area (Å²) < 4.78 is 0. The van der Waals surface area contributed by atoms with Crippen molar-refractivity contribution in [3.05, 3.63) is 24.8 Å². The van der Waals surface area contributed by atoms with Gasteiger partial charge in [-0.1, -0.05) is 13.3 Å². The van der Waals surface area contributed by atoms with Crippen LogP contribution in [0.25, 0.3) is 0 Å². The molecule has 0 amide bonds. The number of allylic oxidation sites excluding steroid dienone is 3. The molecule has 0 radical (unpaired) electrons. The second-order valence-electron chi connectivity index (χ2n) is 1.03. The van der Waals surface area contributed by atoms with Gasteiger partial charge in [0.05, 0.1) is 0 Å². The zero-order chi connectivity index (χ0) is 4.83. The quantitative estimate of drug-likeness (QED) is 0.186. The zero-order valence-electron chi connectivity index (χ0n) is 6.02. The van der Waals surface area contributed by atoms with E-state index in [9.17, 15) is 0 Å². The van der Waals surface area contributed by atoms with Crippen LogP contribution in [-0.4, -0.2) is 0 Å². The maximum absolute atomic E-state index is 5.00. The first-order valence-corrected chi connectivity index (χ1v) is 2.12. The first-order chi connectivity index (χ1) is 2.91. The van der Waals surface area contributed by atoms with E-state index in [1.807, 2.05) is 12.2 Å². The predicted molar refractivity (Wildman–Crippen MR) is 28.3 cm³/mol. The van der Waals surface area contributed by atoms with E-state index in [1.165, 1.54) is 6.08 Å². The first kappa shape index (κ1) is 15.9. The minimum atomic E-state index is 0. The van der Waals surface area contributed by atoms with E-state index in [0.29, 0.717) is 0 Å². The molecule has 2 heteroatoms. The van der Waals surface area contributed by atoms with E-state index >= 15 is 0 Å². The van der Waals surface area contributed by atoms with Gasteiger partial charge < -0.3 is 0 Å². The van der Waals surface area contributed by atoms with E-state index in [-0.39, 0.29) is 37.7 Å². The molecule has 0 aliphatic heterocycles. The van der Waals surface area contributed by atoms with Crippen LogP contribution in [0.5, 0.6) is 0 Å². The van der Waals surface area contributed by atoms with Crippen LogP contribution >= 0.6 is 0 Å². The Morgan fingerprint density at radius 2 is 1.88 bits per heavy atom. The van der Waals surface area contributed by atoms with Gasteiger partial charge in [-0.15, -0.1) is 0 Å². The number of hydrogen-bond donors (Lipinski definition) is 0. The van der Waals surface area contributed by atoms with Crippen LogP contribution in [0.15, 0.2) is 18.2 Å². The van der Waals surface area contributed by atoms with Crippen molar-refractivity contribution >= 4 is 0 Å². The summed E-state index contributed by atoms with van der Waals surface area (Å²) in [5, 5.41) is 0. The van der Waals surface area contributed by atoms with Crippen molar-refractivity contribution in [1.29, 1.82) is 0 Å². The molecule has 8 heavy (non-hydrogen) atoms. The van der Waals surface area contributed by atoms with E-state index < -0.39 is 0 Å². The Morgan fingerprint density at radius 1 is 1.38 bits per heavy atom. The van der Waals surface area contributed by atoms with Crippen LogP contribution in [0.2, 0.25) is 0 Å². The first-order valence-electron chi connectivity index (χ1n) is 2.12. The number of hydrogen-bond acceptors (Lipinski definition) is 0. The Balaban J connectivity index is -0.000000125. The predicted octanol–water partition coefficient (Wildman–Crippen LogP) is -4.05. The maximum atomic E-state index is 5.00. The van der Waals surface area contributed by atoms with Crippen LogP contribution in [-0.2, 0) is 0 Å².